The molecule has 3 aromatic rings. The highest BCUT2D eigenvalue weighted by atomic mass is 32.2. The number of unbranched alkanes of at least 4 members (excludes halogenated alkanes) is 1. The SMILES string of the molecule is C=Cc1cc(C(=O)Cc2ccc(C(N)=NC(=O)OC(C)COC(=O)CCCC[C@H]3SCC4CC(=O)NC43)cc2)c(-c2ccc(C(=O)NCC3CC3)nc2C(=O)OC(C)OC(=O)OC(C)C)cc1CO. The molecule has 2 saturated heterocycles. The van der Waals surface area contributed by atoms with Crippen LogP contribution >= 0.6 is 11.8 Å². The van der Waals surface area contributed by atoms with Crippen LogP contribution in [-0.2, 0) is 46.3 Å². The third kappa shape index (κ3) is 14.7. The normalized spacial score (nSPS) is 18.3. The predicted molar refractivity (Wildman–Crippen MR) is 255 cm³/mol. The smallest absolute Gasteiger partial charge is 0.462 e. The molecular formula is C50H59N5O13S. The number of hydrogen-bond donors (Lipinski definition) is 4. The van der Waals surface area contributed by atoms with Crippen molar-refractivity contribution in [2.24, 2.45) is 22.6 Å². The molecule has 6 rings (SSSR count). The van der Waals surface area contributed by atoms with Gasteiger partial charge < -0.3 is 45.2 Å². The molecule has 69 heavy (non-hydrogen) atoms. The molecule has 0 bridgehead atoms. The Kier molecular flexibility index (Phi) is 18.1. The Morgan fingerprint density at radius 2 is 1.74 bits per heavy atom. The second kappa shape index (κ2) is 24.1. The average molecular weight is 970 g/mol. The first-order valence-corrected chi connectivity index (χ1v) is 24.1. The van der Waals surface area contributed by atoms with Gasteiger partial charge in [0, 0.05) is 60.7 Å². The lowest BCUT2D eigenvalue weighted by atomic mass is 9.89. The van der Waals surface area contributed by atoms with Gasteiger partial charge in [0.25, 0.3) is 5.91 Å². The minimum absolute atomic E-state index is 0.0907. The number of thioether (sulfide) groups is 1. The van der Waals surface area contributed by atoms with Crippen molar-refractivity contribution in [3.8, 4) is 11.1 Å². The number of carbonyl (C=O) groups is 7. The molecule has 0 spiro atoms. The lowest BCUT2D eigenvalue weighted by Gasteiger charge is -2.18. The highest BCUT2D eigenvalue weighted by Gasteiger charge is 2.42. The minimum Gasteiger partial charge on any atom is -0.462 e. The van der Waals surface area contributed by atoms with Crippen LogP contribution in [0, 0.1) is 11.8 Å². The van der Waals surface area contributed by atoms with E-state index in [1.807, 2.05) is 11.8 Å². The van der Waals surface area contributed by atoms with Gasteiger partial charge in [-0.15, -0.1) is 0 Å². The highest BCUT2D eigenvalue weighted by Crippen LogP contribution is 2.39. The number of amides is 3. The van der Waals surface area contributed by atoms with Crippen LogP contribution in [0.5, 0.6) is 0 Å². The number of fused-ring (bicyclic) bond motifs is 1. The molecule has 1 saturated carbocycles. The molecule has 5 N–H and O–H groups in total. The quantitative estimate of drug-likeness (QED) is 0.0160. The Bertz CT molecular complexity index is 2450. The van der Waals surface area contributed by atoms with Crippen LogP contribution in [0.15, 0.2) is 60.1 Å². The number of hydrogen-bond acceptors (Lipinski definition) is 15. The lowest BCUT2D eigenvalue weighted by molar-refractivity contribution is -0.146. The third-order valence-electron chi connectivity index (χ3n) is 11.6. The first-order valence-electron chi connectivity index (χ1n) is 23.0. The number of aliphatic hydroxyl groups is 1. The zero-order valence-corrected chi connectivity index (χ0v) is 40.0. The Morgan fingerprint density at radius 1 is 0.986 bits per heavy atom. The Balaban J connectivity index is 1.09. The Morgan fingerprint density at radius 3 is 2.43 bits per heavy atom. The molecule has 1 aliphatic carbocycles. The molecule has 368 valence electrons. The van der Waals surface area contributed by atoms with Crippen molar-refractivity contribution >= 4 is 65.5 Å². The van der Waals surface area contributed by atoms with E-state index in [9.17, 15) is 38.7 Å². The third-order valence-corrected chi connectivity index (χ3v) is 13.2. The van der Waals surface area contributed by atoms with Crippen LogP contribution in [0.4, 0.5) is 9.59 Å². The molecule has 3 aliphatic rings. The van der Waals surface area contributed by atoms with Crippen molar-refractivity contribution in [3.63, 3.8) is 0 Å². The van der Waals surface area contributed by atoms with E-state index in [2.05, 4.69) is 27.2 Å². The maximum absolute atomic E-state index is 14.3. The molecule has 1 aromatic heterocycles. The van der Waals surface area contributed by atoms with Gasteiger partial charge >= 0.3 is 24.2 Å². The van der Waals surface area contributed by atoms with E-state index in [1.165, 1.54) is 37.3 Å². The number of aliphatic imine (C=N–C) groups is 1. The molecule has 3 heterocycles. The predicted octanol–water partition coefficient (Wildman–Crippen LogP) is 6.47. The fourth-order valence-electron chi connectivity index (χ4n) is 7.90. The van der Waals surface area contributed by atoms with Crippen molar-refractivity contribution < 1.29 is 62.4 Å². The summed E-state index contributed by atoms with van der Waals surface area (Å²) >= 11 is 1.88. The number of nitrogens with one attached hydrogen (secondary N) is 2. The number of carbonyl (C=O) groups excluding carboxylic acids is 7. The highest BCUT2D eigenvalue weighted by molar-refractivity contribution is 8.00. The maximum atomic E-state index is 14.3. The van der Waals surface area contributed by atoms with E-state index in [0.717, 1.165) is 31.4 Å². The summed E-state index contributed by atoms with van der Waals surface area (Å²) in [5.41, 5.74) is 7.83. The van der Waals surface area contributed by atoms with Gasteiger partial charge in [0.1, 0.15) is 24.2 Å². The second-order valence-corrected chi connectivity index (χ2v) is 18.8. The number of benzene rings is 2. The van der Waals surface area contributed by atoms with Gasteiger partial charge in [0.2, 0.25) is 12.2 Å². The molecule has 4 unspecified atom stereocenters. The number of amidine groups is 1. The van der Waals surface area contributed by atoms with Crippen LogP contribution in [0.3, 0.4) is 0 Å². The topological polar surface area (TPSA) is 261 Å². The number of nitrogens with two attached hydrogens (primary N) is 1. The standard InChI is InChI=1S/C50H59N5O13S/c1-6-32-20-38(37(21-34(32)24-56)36-17-18-39(47(60)52-23-31-11-12-31)53-45(36)48(61)67-29(5)68-50(63)65-27(2)3)40(57)19-30-13-15-33(16-14-30)46(51)55-49(62)66-28(4)25-64-43(59)10-8-7-9-41-44-35(26-69-41)22-42(58)54-44/h6,13-18,20-21,27-29,31,35,41,44,56H,1,7-12,19,22-26H2,2-5H3,(H,52,60)(H,54,58)(H2,51,55,62)/t28?,29?,35?,41-,44?/m1/s1. The van der Waals surface area contributed by atoms with Gasteiger partial charge in [-0.25, -0.2) is 19.4 Å². The van der Waals surface area contributed by atoms with Crippen molar-refractivity contribution in [2.75, 3.05) is 18.9 Å². The minimum atomic E-state index is -1.43. The second-order valence-electron chi connectivity index (χ2n) is 17.6. The van der Waals surface area contributed by atoms with Crippen LogP contribution in [-0.4, -0.2) is 106 Å². The summed E-state index contributed by atoms with van der Waals surface area (Å²) in [7, 11) is 0. The first-order chi connectivity index (χ1) is 33.0. The summed E-state index contributed by atoms with van der Waals surface area (Å²) in [5, 5.41) is 16.6. The Hall–Kier alpha value is -6.60. The molecule has 2 aromatic carbocycles. The largest absolute Gasteiger partial charge is 0.511 e. The van der Waals surface area contributed by atoms with Gasteiger partial charge in [0.15, 0.2) is 11.5 Å². The molecule has 5 atom stereocenters. The molecule has 19 heteroatoms. The molecule has 2 aliphatic heterocycles. The van der Waals surface area contributed by atoms with Gasteiger partial charge in [-0.05, 0) is 111 Å². The summed E-state index contributed by atoms with van der Waals surface area (Å²) in [6.07, 6.45) is 1.70. The van der Waals surface area contributed by atoms with E-state index in [4.69, 9.17) is 29.4 Å². The fourth-order valence-corrected chi connectivity index (χ4v) is 9.55. The van der Waals surface area contributed by atoms with E-state index in [0.29, 0.717) is 58.7 Å². The molecule has 3 amide bonds. The monoisotopic (exact) mass is 969 g/mol. The summed E-state index contributed by atoms with van der Waals surface area (Å²) in [4.78, 5) is 98.4. The number of ketones is 1. The number of aliphatic hydroxyl groups excluding tert-OH is 1. The van der Waals surface area contributed by atoms with Crippen LogP contribution < -0.4 is 16.4 Å². The van der Waals surface area contributed by atoms with Crippen molar-refractivity contribution in [1.29, 1.82) is 0 Å². The average Bonchev–Trinajstić information content (AvgIpc) is 3.97. The van der Waals surface area contributed by atoms with Gasteiger partial charge in [-0.2, -0.15) is 16.8 Å². The molecule has 18 nitrogen and oxygen atoms in total. The number of ether oxygens (including phenoxy) is 5. The van der Waals surface area contributed by atoms with Crippen molar-refractivity contribution in [1.82, 2.24) is 15.6 Å². The lowest BCUT2D eigenvalue weighted by Crippen LogP contribution is -2.34. The zero-order valence-electron chi connectivity index (χ0n) is 39.2. The van der Waals surface area contributed by atoms with Crippen molar-refractivity contribution in [2.45, 2.75) is 115 Å². The number of aromatic nitrogens is 1. The van der Waals surface area contributed by atoms with E-state index < -0.39 is 61.0 Å². The number of Topliss-reactive ketones (excluding diaryl/α,β-unsaturated/α-hetero) is 1. The number of pyridine rings is 1. The molecule has 0 radical (unpaired) electrons. The number of esters is 2. The van der Waals surface area contributed by atoms with E-state index in [1.54, 1.807) is 45.0 Å². The molecular weight excluding hydrogens is 911 g/mol. The summed E-state index contributed by atoms with van der Waals surface area (Å²) in [6, 6.07) is 12.5. The van der Waals surface area contributed by atoms with Crippen LogP contribution in [0.2, 0.25) is 0 Å². The number of rotatable bonds is 22. The first kappa shape index (κ1) is 51.8. The fraction of sp³-hybridized carbons (Fsp3) is 0.460. The Labute approximate surface area is 404 Å². The summed E-state index contributed by atoms with van der Waals surface area (Å²) < 4.78 is 26.1. The number of nitrogens with zero attached hydrogens (tertiary/aromatic N) is 2. The summed E-state index contributed by atoms with van der Waals surface area (Å²) in [5.74, 6) is -0.726. The van der Waals surface area contributed by atoms with Gasteiger partial charge in [-0.1, -0.05) is 43.3 Å². The van der Waals surface area contributed by atoms with E-state index in [-0.39, 0.29) is 65.3 Å². The zero-order chi connectivity index (χ0) is 49.8. The van der Waals surface area contributed by atoms with Gasteiger partial charge in [0.05, 0.1) is 12.7 Å². The van der Waals surface area contributed by atoms with Crippen LogP contribution in [0.25, 0.3) is 17.2 Å². The van der Waals surface area contributed by atoms with Crippen LogP contribution in [0.1, 0.15) is 126 Å². The van der Waals surface area contributed by atoms with Crippen molar-refractivity contribution in [3.05, 3.63) is 94.3 Å². The molecule has 3 fully saturated rings. The van der Waals surface area contributed by atoms with E-state index >= 15 is 0 Å². The maximum Gasteiger partial charge on any atom is 0.511 e. The summed E-state index contributed by atoms with van der Waals surface area (Å²) in [6.45, 7) is 9.76. The van der Waals surface area contributed by atoms with Gasteiger partial charge in [-0.3, -0.25) is 19.2 Å².